The van der Waals surface area contributed by atoms with E-state index in [1.165, 1.54) is 5.56 Å². The van der Waals surface area contributed by atoms with Gasteiger partial charge in [-0.2, -0.15) is 0 Å². The van der Waals surface area contributed by atoms with Crippen molar-refractivity contribution in [3.63, 3.8) is 0 Å². The topological polar surface area (TPSA) is 30.9 Å². The SMILES string of the molecule is COc1ccc(CN2CCC3(CC2)C[C@@H](OC)CO3)cc1. The average molecular weight is 291 g/mol. The van der Waals surface area contributed by atoms with E-state index in [0.29, 0.717) is 0 Å². The summed E-state index contributed by atoms with van der Waals surface area (Å²) >= 11 is 0. The maximum absolute atomic E-state index is 6.05. The van der Waals surface area contributed by atoms with E-state index in [9.17, 15) is 0 Å². The lowest BCUT2D eigenvalue weighted by atomic mass is 9.88. The molecule has 2 saturated heterocycles. The van der Waals surface area contributed by atoms with Crippen molar-refractivity contribution in [2.75, 3.05) is 33.9 Å². The molecule has 4 heteroatoms. The molecule has 0 unspecified atom stereocenters. The number of benzene rings is 1. The van der Waals surface area contributed by atoms with E-state index >= 15 is 0 Å². The van der Waals surface area contributed by atoms with Gasteiger partial charge >= 0.3 is 0 Å². The molecule has 0 aliphatic carbocycles. The van der Waals surface area contributed by atoms with Gasteiger partial charge in [-0.3, -0.25) is 4.90 Å². The second-order valence-corrected chi connectivity index (χ2v) is 6.18. The van der Waals surface area contributed by atoms with E-state index < -0.39 is 0 Å². The third kappa shape index (κ3) is 3.39. The molecule has 1 aromatic rings. The zero-order chi connectivity index (χ0) is 14.7. The van der Waals surface area contributed by atoms with Gasteiger partial charge in [0.15, 0.2) is 0 Å². The Labute approximate surface area is 127 Å². The predicted octanol–water partition coefficient (Wildman–Crippen LogP) is 2.47. The van der Waals surface area contributed by atoms with Crippen LogP contribution in [0, 0.1) is 0 Å². The van der Waals surface area contributed by atoms with Gasteiger partial charge in [-0.05, 0) is 30.5 Å². The van der Waals surface area contributed by atoms with E-state index in [4.69, 9.17) is 14.2 Å². The zero-order valence-corrected chi connectivity index (χ0v) is 13.0. The summed E-state index contributed by atoms with van der Waals surface area (Å²) in [7, 11) is 3.49. The number of likely N-dealkylation sites (tertiary alicyclic amines) is 1. The van der Waals surface area contributed by atoms with Crippen LogP contribution in [0.15, 0.2) is 24.3 Å². The molecule has 1 aromatic carbocycles. The van der Waals surface area contributed by atoms with E-state index in [-0.39, 0.29) is 11.7 Å². The molecule has 2 aliphatic heterocycles. The normalized spacial score (nSPS) is 25.3. The second kappa shape index (κ2) is 6.34. The van der Waals surface area contributed by atoms with Gasteiger partial charge in [0.05, 0.1) is 25.4 Å². The first-order chi connectivity index (χ1) is 10.2. The summed E-state index contributed by atoms with van der Waals surface area (Å²) in [6.07, 6.45) is 3.57. The fraction of sp³-hybridized carbons (Fsp3) is 0.647. The van der Waals surface area contributed by atoms with Crippen LogP contribution in [0.1, 0.15) is 24.8 Å². The van der Waals surface area contributed by atoms with Crippen molar-refractivity contribution in [2.24, 2.45) is 0 Å². The highest BCUT2D eigenvalue weighted by atomic mass is 16.6. The Bertz CT molecular complexity index is 452. The predicted molar refractivity (Wildman–Crippen MR) is 81.6 cm³/mol. The number of rotatable bonds is 4. The smallest absolute Gasteiger partial charge is 0.118 e. The van der Waals surface area contributed by atoms with Crippen LogP contribution in [0.2, 0.25) is 0 Å². The lowest BCUT2D eigenvalue weighted by molar-refractivity contribution is -0.0460. The Kier molecular flexibility index (Phi) is 4.48. The first-order valence-electron chi connectivity index (χ1n) is 7.75. The van der Waals surface area contributed by atoms with Crippen LogP contribution in [-0.2, 0) is 16.0 Å². The van der Waals surface area contributed by atoms with E-state index in [1.54, 1.807) is 14.2 Å². The quantitative estimate of drug-likeness (QED) is 0.853. The highest BCUT2D eigenvalue weighted by Gasteiger charge is 2.42. The number of nitrogens with zero attached hydrogens (tertiary/aromatic N) is 1. The molecule has 2 heterocycles. The van der Waals surface area contributed by atoms with E-state index in [2.05, 4.69) is 17.0 Å². The molecule has 3 rings (SSSR count). The molecule has 4 nitrogen and oxygen atoms in total. The fourth-order valence-electron chi connectivity index (χ4n) is 3.41. The highest BCUT2D eigenvalue weighted by Crippen LogP contribution is 2.37. The summed E-state index contributed by atoms with van der Waals surface area (Å²) < 4.78 is 16.7. The molecule has 0 saturated carbocycles. The van der Waals surface area contributed by atoms with Gasteiger partial charge in [0.2, 0.25) is 0 Å². The van der Waals surface area contributed by atoms with E-state index in [1.807, 2.05) is 12.1 Å². The van der Waals surface area contributed by atoms with Crippen molar-refractivity contribution >= 4 is 0 Å². The largest absolute Gasteiger partial charge is 0.497 e. The van der Waals surface area contributed by atoms with Crippen LogP contribution in [0.4, 0.5) is 0 Å². The maximum atomic E-state index is 6.05. The Morgan fingerprint density at radius 3 is 2.48 bits per heavy atom. The van der Waals surface area contributed by atoms with Gasteiger partial charge in [-0.25, -0.2) is 0 Å². The summed E-state index contributed by atoms with van der Waals surface area (Å²) in [4.78, 5) is 2.51. The van der Waals surface area contributed by atoms with Gasteiger partial charge in [0.1, 0.15) is 5.75 Å². The van der Waals surface area contributed by atoms with Gasteiger partial charge in [0, 0.05) is 33.2 Å². The third-order valence-electron chi connectivity index (χ3n) is 4.84. The zero-order valence-electron chi connectivity index (χ0n) is 13.0. The molecule has 0 aromatic heterocycles. The Balaban J connectivity index is 1.51. The van der Waals surface area contributed by atoms with Crippen LogP contribution >= 0.6 is 0 Å². The van der Waals surface area contributed by atoms with Crippen molar-refractivity contribution < 1.29 is 14.2 Å². The summed E-state index contributed by atoms with van der Waals surface area (Å²) in [6.45, 7) is 3.97. The molecule has 1 atom stereocenters. The van der Waals surface area contributed by atoms with Crippen LogP contribution < -0.4 is 4.74 Å². The highest BCUT2D eigenvalue weighted by molar-refractivity contribution is 5.27. The summed E-state index contributed by atoms with van der Waals surface area (Å²) in [5, 5.41) is 0. The number of methoxy groups -OCH3 is 2. The summed E-state index contributed by atoms with van der Waals surface area (Å²) in [5.74, 6) is 0.918. The molecule has 0 amide bonds. The van der Waals surface area contributed by atoms with Crippen molar-refractivity contribution in [3.05, 3.63) is 29.8 Å². The number of ether oxygens (including phenoxy) is 3. The van der Waals surface area contributed by atoms with Crippen LogP contribution in [0.3, 0.4) is 0 Å². The average Bonchev–Trinajstić information content (AvgIpc) is 2.94. The van der Waals surface area contributed by atoms with Crippen molar-refractivity contribution in [3.8, 4) is 5.75 Å². The maximum Gasteiger partial charge on any atom is 0.118 e. The molecule has 0 radical (unpaired) electrons. The fourth-order valence-corrected chi connectivity index (χ4v) is 3.41. The van der Waals surface area contributed by atoms with Gasteiger partial charge in [0.25, 0.3) is 0 Å². The summed E-state index contributed by atoms with van der Waals surface area (Å²) in [5.41, 5.74) is 1.42. The number of piperidine rings is 1. The minimum Gasteiger partial charge on any atom is -0.497 e. The van der Waals surface area contributed by atoms with Crippen molar-refractivity contribution in [1.82, 2.24) is 4.90 Å². The number of hydrogen-bond acceptors (Lipinski definition) is 4. The molecule has 21 heavy (non-hydrogen) atoms. The second-order valence-electron chi connectivity index (χ2n) is 6.18. The minimum atomic E-state index is 0.0804. The monoisotopic (exact) mass is 291 g/mol. The lowest BCUT2D eigenvalue weighted by Gasteiger charge is -2.38. The van der Waals surface area contributed by atoms with Crippen LogP contribution in [-0.4, -0.2) is 50.5 Å². The van der Waals surface area contributed by atoms with E-state index in [0.717, 1.165) is 51.3 Å². The molecule has 2 fully saturated rings. The lowest BCUT2D eigenvalue weighted by Crippen LogP contribution is -2.43. The van der Waals surface area contributed by atoms with Crippen molar-refractivity contribution in [2.45, 2.75) is 37.5 Å². The van der Waals surface area contributed by atoms with Crippen LogP contribution in [0.5, 0.6) is 5.75 Å². The van der Waals surface area contributed by atoms with Gasteiger partial charge in [-0.1, -0.05) is 12.1 Å². The van der Waals surface area contributed by atoms with Gasteiger partial charge < -0.3 is 14.2 Å². The Morgan fingerprint density at radius 1 is 1.19 bits per heavy atom. The standard InChI is InChI=1S/C17H25NO3/c1-19-15-5-3-14(4-6-15)12-18-9-7-17(8-10-18)11-16(20-2)13-21-17/h3-6,16H,7-13H2,1-2H3/t16-/m1/s1. The van der Waals surface area contributed by atoms with Crippen LogP contribution in [0.25, 0.3) is 0 Å². The molecule has 0 bridgehead atoms. The molecular weight excluding hydrogens is 266 g/mol. The molecule has 0 N–H and O–H groups in total. The number of hydrogen-bond donors (Lipinski definition) is 0. The Hall–Kier alpha value is -1.10. The Morgan fingerprint density at radius 2 is 1.90 bits per heavy atom. The van der Waals surface area contributed by atoms with Crippen molar-refractivity contribution in [1.29, 1.82) is 0 Å². The van der Waals surface area contributed by atoms with Gasteiger partial charge in [-0.15, -0.1) is 0 Å². The first kappa shape index (κ1) is 14.8. The molecule has 2 aliphatic rings. The third-order valence-corrected chi connectivity index (χ3v) is 4.84. The summed E-state index contributed by atoms with van der Waals surface area (Å²) in [6, 6.07) is 8.36. The molecule has 116 valence electrons. The molecular formula is C17H25NO3. The first-order valence-corrected chi connectivity index (χ1v) is 7.75. The minimum absolute atomic E-state index is 0.0804. The molecule has 1 spiro atoms.